The number of hydrogen-bond acceptors (Lipinski definition) is 6. The van der Waals surface area contributed by atoms with Crippen molar-refractivity contribution in [1.29, 1.82) is 10.5 Å². The third-order valence-electron chi connectivity index (χ3n) is 3.18. The minimum atomic E-state index is -4.70. The summed E-state index contributed by atoms with van der Waals surface area (Å²) >= 11 is 5.69. The first-order valence-corrected chi connectivity index (χ1v) is 8.80. The number of aromatic nitrogens is 1. The number of hydrogen-bond donors (Lipinski definition) is 1. The van der Waals surface area contributed by atoms with Crippen molar-refractivity contribution in [2.24, 2.45) is 0 Å². The summed E-state index contributed by atoms with van der Waals surface area (Å²) in [5.41, 5.74) is -0.973. The van der Waals surface area contributed by atoms with Gasteiger partial charge in [-0.05, 0) is 30.3 Å². The Morgan fingerprint density at radius 2 is 1.78 bits per heavy atom. The van der Waals surface area contributed by atoms with E-state index in [1.807, 2.05) is 0 Å². The second kappa shape index (κ2) is 7.66. The molecule has 0 unspecified atom stereocenters. The second-order valence-corrected chi connectivity index (χ2v) is 7.23. The zero-order valence-electron chi connectivity index (χ0n) is 13.1. The molecule has 0 fully saturated rings. The summed E-state index contributed by atoms with van der Waals surface area (Å²) in [6.45, 7) is 0. The van der Waals surface area contributed by atoms with Crippen LogP contribution in [0.1, 0.15) is 5.56 Å². The number of anilines is 1. The molecule has 0 saturated carbocycles. The predicted molar refractivity (Wildman–Crippen MR) is 89.1 cm³/mol. The summed E-state index contributed by atoms with van der Waals surface area (Å²) in [5, 5.41) is 18.5. The van der Waals surface area contributed by atoms with Gasteiger partial charge < -0.3 is 5.32 Å². The highest BCUT2D eigenvalue weighted by Gasteiger charge is 2.33. The second-order valence-electron chi connectivity index (χ2n) is 4.96. The van der Waals surface area contributed by atoms with Crippen molar-refractivity contribution in [3.63, 3.8) is 0 Å². The summed E-state index contributed by atoms with van der Waals surface area (Å²) in [7, 11) is -4.25. The van der Waals surface area contributed by atoms with Crippen LogP contribution in [0.4, 0.5) is 18.9 Å². The minimum Gasteiger partial charge on any atom is -0.360 e. The maximum Gasteiger partial charge on any atom is 0.417 e. The van der Waals surface area contributed by atoms with Crippen LogP contribution >= 0.6 is 11.6 Å². The lowest BCUT2D eigenvalue weighted by atomic mass is 10.3. The number of nitrogens with zero attached hydrogens (tertiary/aromatic N) is 3. The lowest BCUT2D eigenvalue weighted by Gasteiger charge is -2.10. The monoisotopic (exact) mass is 412 g/mol. The molecule has 0 bridgehead atoms. The first-order chi connectivity index (χ1) is 12.6. The molecule has 138 valence electrons. The van der Waals surface area contributed by atoms with Crippen molar-refractivity contribution in [2.75, 3.05) is 5.32 Å². The van der Waals surface area contributed by atoms with Crippen LogP contribution in [0.25, 0.3) is 0 Å². The van der Waals surface area contributed by atoms with Gasteiger partial charge in [0, 0.05) is 18.1 Å². The van der Waals surface area contributed by atoms with Gasteiger partial charge in [-0.15, -0.1) is 0 Å². The van der Waals surface area contributed by atoms with E-state index in [2.05, 4.69) is 10.3 Å². The molecule has 1 aromatic carbocycles. The molecule has 1 heterocycles. The Labute approximate surface area is 157 Å². The van der Waals surface area contributed by atoms with E-state index in [4.69, 9.17) is 22.1 Å². The van der Waals surface area contributed by atoms with Crippen LogP contribution in [-0.2, 0) is 16.0 Å². The Morgan fingerprint density at radius 1 is 1.19 bits per heavy atom. The Kier molecular flexibility index (Phi) is 5.74. The van der Waals surface area contributed by atoms with Crippen LogP contribution in [0, 0.1) is 22.7 Å². The van der Waals surface area contributed by atoms with E-state index in [9.17, 15) is 21.6 Å². The van der Waals surface area contributed by atoms with Crippen LogP contribution in [0.2, 0.25) is 5.02 Å². The molecule has 0 amide bonds. The van der Waals surface area contributed by atoms with Crippen molar-refractivity contribution in [3.05, 3.63) is 58.9 Å². The van der Waals surface area contributed by atoms with Crippen LogP contribution in [0.15, 0.2) is 58.2 Å². The molecular formula is C16H8ClF3N4O2S. The van der Waals surface area contributed by atoms with Gasteiger partial charge in [0.2, 0.25) is 9.84 Å². The number of halogens is 4. The molecule has 2 rings (SSSR count). The third-order valence-corrected chi connectivity index (χ3v) is 5.31. The fraction of sp³-hybridized carbons (Fsp3) is 0.0625. The maximum atomic E-state index is 12.6. The normalized spacial score (nSPS) is 11.2. The zero-order valence-corrected chi connectivity index (χ0v) is 14.7. The molecule has 1 N–H and O–H groups in total. The molecule has 27 heavy (non-hydrogen) atoms. The topological polar surface area (TPSA) is 107 Å². The Hall–Kier alpha value is -3.08. The molecule has 0 atom stereocenters. The summed E-state index contributed by atoms with van der Waals surface area (Å²) in [4.78, 5) is 3.12. The molecule has 2 aromatic rings. The van der Waals surface area contributed by atoms with Gasteiger partial charge in [0.1, 0.15) is 17.7 Å². The van der Waals surface area contributed by atoms with Gasteiger partial charge in [-0.25, -0.2) is 13.4 Å². The number of alkyl halides is 3. The van der Waals surface area contributed by atoms with Crippen LogP contribution in [-0.4, -0.2) is 13.4 Å². The number of nitriles is 2. The highest BCUT2D eigenvalue weighted by atomic mass is 35.5. The first kappa shape index (κ1) is 20.2. The van der Waals surface area contributed by atoms with Gasteiger partial charge in [-0.2, -0.15) is 23.7 Å². The highest BCUT2D eigenvalue weighted by molar-refractivity contribution is 7.91. The van der Waals surface area contributed by atoms with Crippen molar-refractivity contribution >= 4 is 27.1 Å². The number of allylic oxidation sites excluding steroid dienone is 1. The van der Waals surface area contributed by atoms with Crippen LogP contribution in [0.3, 0.4) is 0 Å². The fourth-order valence-electron chi connectivity index (χ4n) is 1.87. The van der Waals surface area contributed by atoms with Gasteiger partial charge in [-0.3, -0.25) is 0 Å². The van der Waals surface area contributed by atoms with Crippen molar-refractivity contribution in [3.8, 4) is 12.1 Å². The first-order valence-electron chi connectivity index (χ1n) is 6.94. The van der Waals surface area contributed by atoms with E-state index >= 15 is 0 Å². The average Bonchev–Trinajstić information content (AvgIpc) is 2.62. The lowest BCUT2D eigenvalue weighted by molar-refractivity contribution is -0.137. The Balaban J connectivity index is 2.34. The molecule has 0 saturated heterocycles. The van der Waals surface area contributed by atoms with E-state index in [1.165, 1.54) is 24.3 Å². The van der Waals surface area contributed by atoms with E-state index in [1.54, 1.807) is 12.1 Å². The van der Waals surface area contributed by atoms with Gasteiger partial charge in [0.25, 0.3) is 0 Å². The van der Waals surface area contributed by atoms with Crippen LogP contribution in [0.5, 0.6) is 0 Å². The standard InChI is InChI=1S/C16H8ClF3N4O2S/c17-14-5-11(16(18,19)20)9-24-15(14)27(25,26)13-3-1-12(2-4-13)23-8-10(6-21)7-22/h1-5,8-9,23H. The van der Waals surface area contributed by atoms with Crippen molar-refractivity contribution in [1.82, 2.24) is 4.98 Å². The Bertz CT molecular complexity index is 1070. The highest BCUT2D eigenvalue weighted by Crippen LogP contribution is 2.33. The van der Waals surface area contributed by atoms with Crippen LogP contribution < -0.4 is 5.32 Å². The zero-order chi connectivity index (χ0) is 20.2. The minimum absolute atomic E-state index is 0.188. The molecule has 0 aliphatic heterocycles. The number of benzene rings is 1. The molecule has 0 radical (unpaired) electrons. The third kappa shape index (κ3) is 4.56. The average molecular weight is 413 g/mol. The number of rotatable bonds is 4. The molecule has 0 aliphatic rings. The number of sulfone groups is 1. The number of nitrogens with one attached hydrogen (secondary N) is 1. The van der Waals surface area contributed by atoms with E-state index < -0.39 is 31.6 Å². The quantitative estimate of drug-likeness (QED) is 0.762. The molecule has 1 aromatic heterocycles. The van der Waals surface area contributed by atoms with Crippen molar-refractivity contribution in [2.45, 2.75) is 16.1 Å². The molecule has 0 spiro atoms. The van der Waals surface area contributed by atoms with E-state index in [-0.39, 0.29) is 10.5 Å². The SMILES string of the molecule is N#CC(C#N)=CNc1ccc(S(=O)(=O)c2ncc(C(F)(F)F)cc2Cl)cc1. The number of pyridine rings is 1. The largest absolute Gasteiger partial charge is 0.417 e. The van der Waals surface area contributed by atoms with Gasteiger partial charge in [-0.1, -0.05) is 11.6 Å². The molecule has 11 heteroatoms. The summed E-state index contributed by atoms with van der Waals surface area (Å²) in [5.74, 6) is 0. The van der Waals surface area contributed by atoms with E-state index in [0.717, 1.165) is 6.20 Å². The maximum absolute atomic E-state index is 12.6. The smallest absolute Gasteiger partial charge is 0.360 e. The lowest BCUT2D eigenvalue weighted by Crippen LogP contribution is -2.10. The van der Waals surface area contributed by atoms with Crippen molar-refractivity contribution < 1.29 is 21.6 Å². The molecular weight excluding hydrogens is 405 g/mol. The Morgan fingerprint density at radius 3 is 2.26 bits per heavy atom. The summed E-state index contributed by atoms with van der Waals surface area (Å²) in [6.07, 6.45) is -3.17. The summed E-state index contributed by atoms with van der Waals surface area (Å²) in [6, 6.07) is 8.81. The summed E-state index contributed by atoms with van der Waals surface area (Å²) < 4.78 is 63.0. The molecule has 0 aliphatic carbocycles. The molecule has 6 nitrogen and oxygen atoms in total. The van der Waals surface area contributed by atoms with Gasteiger partial charge in [0.15, 0.2) is 5.03 Å². The predicted octanol–water partition coefficient (Wildman–Crippen LogP) is 3.93. The fourth-order valence-corrected chi connectivity index (χ4v) is 3.56. The van der Waals surface area contributed by atoms with Gasteiger partial charge >= 0.3 is 6.18 Å². The van der Waals surface area contributed by atoms with E-state index in [0.29, 0.717) is 18.0 Å². The van der Waals surface area contributed by atoms with Gasteiger partial charge in [0.05, 0.1) is 15.5 Å².